The molecule has 2 aromatic heterocycles. The largest absolute Gasteiger partial charge is 0.416 e. The van der Waals surface area contributed by atoms with E-state index in [1.807, 2.05) is 13.0 Å². The second-order valence-electron chi connectivity index (χ2n) is 7.28. The summed E-state index contributed by atoms with van der Waals surface area (Å²) in [6.07, 6.45) is 1.42. The predicted molar refractivity (Wildman–Crippen MR) is 112 cm³/mol. The van der Waals surface area contributed by atoms with E-state index in [0.717, 1.165) is 49.4 Å². The highest BCUT2D eigenvalue weighted by molar-refractivity contribution is 6.01. The van der Waals surface area contributed by atoms with Crippen molar-refractivity contribution in [3.63, 3.8) is 0 Å². The summed E-state index contributed by atoms with van der Waals surface area (Å²) in [7, 11) is 0. The number of halogens is 3. The highest BCUT2D eigenvalue weighted by Gasteiger charge is 2.30. The van der Waals surface area contributed by atoms with Crippen molar-refractivity contribution in [3.05, 3.63) is 60.0 Å². The van der Waals surface area contributed by atoms with E-state index in [4.69, 9.17) is 4.42 Å². The van der Waals surface area contributed by atoms with Crippen LogP contribution in [0.5, 0.6) is 0 Å². The second kappa shape index (κ2) is 8.85. The third-order valence-electron chi connectivity index (χ3n) is 4.90. The quantitative estimate of drug-likeness (QED) is 0.593. The lowest BCUT2D eigenvalue weighted by Crippen LogP contribution is -2.31. The molecule has 0 spiro atoms. The van der Waals surface area contributed by atoms with E-state index in [2.05, 4.69) is 37.1 Å². The van der Waals surface area contributed by atoms with Gasteiger partial charge in [-0.2, -0.15) is 13.2 Å². The van der Waals surface area contributed by atoms with E-state index in [1.165, 1.54) is 12.1 Å². The van der Waals surface area contributed by atoms with Crippen molar-refractivity contribution in [1.82, 2.24) is 15.2 Å². The maximum atomic E-state index is 12.6. The molecule has 2 N–H and O–H groups in total. The summed E-state index contributed by atoms with van der Waals surface area (Å²) in [5, 5.41) is 12.7. The van der Waals surface area contributed by atoms with Gasteiger partial charge in [0, 0.05) is 18.8 Å². The molecule has 167 valence electrons. The number of aromatic nitrogens is 3. The minimum atomic E-state index is -4.42. The Bertz CT molecular complexity index is 1090. The van der Waals surface area contributed by atoms with Gasteiger partial charge in [0.05, 0.1) is 17.4 Å². The molecule has 0 unspecified atom stereocenters. The Morgan fingerprint density at radius 1 is 1.09 bits per heavy atom. The van der Waals surface area contributed by atoms with Crippen LogP contribution in [-0.4, -0.2) is 34.2 Å². The Kier molecular flexibility index (Phi) is 5.97. The molecule has 8 nitrogen and oxygen atoms in total. The van der Waals surface area contributed by atoms with Crippen molar-refractivity contribution >= 4 is 29.1 Å². The number of benzene rings is 1. The molecule has 1 amide bonds. The zero-order valence-electron chi connectivity index (χ0n) is 17.1. The van der Waals surface area contributed by atoms with Crippen molar-refractivity contribution < 1.29 is 22.4 Å². The average molecular weight is 445 g/mol. The lowest BCUT2D eigenvalue weighted by atomic mass is 10.1. The molecule has 0 aliphatic carbocycles. The zero-order chi connectivity index (χ0) is 22.7. The molecule has 0 atom stereocenters. The molecule has 1 aromatic carbocycles. The van der Waals surface area contributed by atoms with Crippen LogP contribution in [0.25, 0.3) is 0 Å². The Balaban J connectivity index is 1.39. The Hall–Kier alpha value is -3.63. The number of anilines is 4. The molecule has 3 aromatic rings. The van der Waals surface area contributed by atoms with Crippen LogP contribution in [0.1, 0.15) is 34.7 Å². The number of nitrogens with one attached hydrogen (secondary N) is 2. The first-order valence-corrected chi connectivity index (χ1v) is 9.92. The molecule has 0 saturated carbocycles. The molecule has 11 heteroatoms. The average Bonchev–Trinajstić information content (AvgIpc) is 3.23. The van der Waals surface area contributed by atoms with Gasteiger partial charge in [-0.15, -0.1) is 5.10 Å². The van der Waals surface area contributed by atoms with Crippen molar-refractivity contribution in [3.8, 4) is 0 Å². The van der Waals surface area contributed by atoms with E-state index >= 15 is 0 Å². The molecular weight excluding hydrogens is 425 g/mol. The Morgan fingerprint density at radius 3 is 2.47 bits per heavy atom. The summed E-state index contributed by atoms with van der Waals surface area (Å²) >= 11 is 0. The fourth-order valence-corrected chi connectivity index (χ4v) is 3.35. The van der Waals surface area contributed by atoms with Gasteiger partial charge in [-0.1, -0.05) is 5.10 Å². The fourth-order valence-electron chi connectivity index (χ4n) is 3.35. The van der Waals surface area contributed by atoms with Crippen molar-refractivity contribution in [1.29, 1.82) is 0 Å². The van der Waals surface area contributed by atoms with E-state index in [0.29, 0.717) is 11.4 Å². The number of alkyl halides is 3. The normalized spacial score (nSPS) is 14.3. The number of carbonyl (C=O) groups excluding carboxylic acids is 1. The topological polar surface area (TPSA) is 96.2 Å². The van der Waals surface area contributed by atoms with Crippen molar-refractivity contribution in [2.75, 3.05) is 28.6 Å². The summed E-state index contributed by atoms with van der Waals surface area (Å²) in [6.45, 7) is 3.75. The van der Waals surface area contributed by atoms with Crippen LogP contribution in [0.4, 0.5) is 36.4 Å². The number of hydrogen-bond acceptors (Lipinski definition) is 7. The number of aryl methyl sites for hydroxylation is 1. The molecule has 3 heterocycles. The number of amides is 1. The first kappa shape index (κ1) is 21.6. The molecule has 4 rings (SSSR count). The van der Waals surface area contributed by atoms with E-state index in [9.17, 15) is 18.0 Å². The Morgan fingerprint density at radius 2 is 1.81 bits per heavy atom. The maximum Gasteiger partial charge on any atom is 0.416 e. The van der Waals surface area contributed by atoms with Crippen LogP contribution in [0.15, 0.2) is 40.9 Å². The first-order chi connectivity index (χ1) is 15.3. The SMILES string of the molecule is Cc1cc(NC(=O)c2nnc(Nc3ccc(C(F)(F)F)cc3)o2)cnc1N1CC[CH]CC1. The molecule has 1 saturated heterocycles. The number of rotatable bonds is 5. The summed E-state index contributed by atoms with van der Waals surface area (Å²) in [5.74, 6) is -0.0379. The van der Waals surface area contributed by atoms with Gasteiger partial charge < -0.3 is 20.0 Å². The second-order valence-corrected chi connectivity index (χ2v) is 7.28. The van der Waals surface area contributed by atoms with Crippen LogP contribution < -0.4 is 15.5 Å². The summed E-state index contributed by atoms with van der Waals surface area (Å²) in [5.41, 5.74) is 0.941. The Labute approximate surface area is 181 Å². The maximum absolute atomic E-state index is 12.6. The molecule has 1 radical (unpaired) electrons. The van der Waals surface area contributed by atoms with Gasteiger partial charge in [0.1, 0.15) is 5.82 Å². The van der Waals surface area contributed by atoms with Crippen LogP contribution in [-0.2, 0) is 6.18 Å². The molecule has 1 aliphatic rings. The van der Waals surface area contributed by atoms with E-state index in [-0.39, 0.29) is 11.9 Å². The zero-order valence-corrected chi connectivity index (χ0v) is 17.1. The van der Waals surface area contributed by atoms with Crippen LogP contribution in [0.3, 0.4) is 0 Å². The number of piperidine rings is 1. The predicted octanol–water partition coefficient (Wildman–Crippen LogP) is 4.59. The minimum absolute atomic E-state index is 0.124. The fraction of sp³-hybridized carbons (Fsp3) is 0.286. The molecule has 0 bridgehead atoms. The van der Waals surface area contributed by atoms with E-state index < -0.39 is 17.6 Å². The van der Waals surface area contributed by atoms with Gasteiger partial charge in [-0.25, -0.2) is 4.98 Å². The smallest absolute Gasteiger partial charge is 0.399 e. The molecule has 1 aliphatic heterocycles. The molecular formula is C21H20F3N6O2. The van der Waals surface area contributed by atoms with Gasteiger partial charge in [0.25, 0.3) is 0 Å². The van der Waals surface area contributed by atoms with Gasteiger partial charge in [0.15, 0.2) is 0 Å². The number of pyridine rings is 1. The highest BCUT2D eigenvalue weighted by atomic mass is 19.4. The summed E-state index contributed by atoms with van der Waals surface area (Å²) < 4.78 is 43.2. The molecule has 1 fully saturated rings. The minimum Gasteiger partial charge on any atom is -0.399 e. The summed E-state index contributed by atoms with van der Waals surface area (Å²) in [4.78, 5) is 19.1. The summed E-state index contributed by atoms with van der Waals surface area (Å²) in [6, 6.07) is 5.99. The van der Waals surface area contributed by atoms with E-state index in [1.54, 1.807) is 6.20 Å². The van der Waals surface area contributed by atoms with Crippen LogP contribution >= 0.6 is 0 Å². The third kappa shape index (κ3) is 4.98. The van der Waals surface area contributed by atoms with Crippen molar-refractivity contribution in [2.24, 2.45) is 0 Å². The van der Waals surface area contributed by atoms with Crippen LogP contribution in [0.2, 0.25) is 0 Å². The third-order valence-corrected chi connectivity index (χ3v) is 4.90. The van der Waals surface area contributed by atoms with Gasteiger partial charge in [-0.3, -0.25) is 4.79 Å². The highest BCUT2D eigenvalue weighted by Crippen LogP contribution is 2.30. The molecule has 32 heavy (non-hydrogen) atoms. The number of nitrogens with zero attached hydrogens (tertiary/aromatic N) is 4. The van der Waals surface area contributed by atoms with Crippen molar-refractivity contribution in [2.45, 2.75) is 25.9 Å². The number of carbonyl (C=O) groups is 1. The van der Waals surface area contributed by atoms with Gasteiger partial charge >= 0.3 is 24.0 Å². The van der Waals surface area contributed by atoms with Gasteiger partial charge in [0.2, 0.25) is 0 Å². The lowest BCUT2D eigenvalue weighted by molar-refractivity contribution is -0.137. The van der Waals surface area contributed by atoms with Gasteiger partial charge in [-0.05, 0) is 62.1 Å². The monoisotopic (exact) mass is 445 g/mol. The first-order valence-electron chi connectivity index (χ1n) is 9.92. The van der Waals surface area contributed by atoms with Crippen LogP contribution in [0, 0.1) is 13.3 Å². The standard InChI is InChI=1S/C21H20F3N6O2/c1-13-11-16(12-25-17(13)30-9-3-2-4-10-30)26-18(31)19-28-29-20(32-19)27-15-7-5-14(6-8-15)21(22,23)24/h2,5-8,11-12H,3-4,9-10H2,1H3,(H,26,31)(H,27,29). The number of hydrogen-bond donors (Lipinski definition) is 2. The lowest BCUT2D eigenvalue weighted by Gasteiger charge is -2.28.